The first-order valence-corrected chi connectivity index (χ1v) is 6.09. The van der Waals surface area contributed by atoms with Crippen molar-refractivity contribution in [2.45, 2.75) is 13.5 Å². The molecular weight excluding hydrogens is 222 g/mol. The van der Waals surface area contributed by atoms with E-state index in [1.165, 1.54) is 16.8 Å². The molecule has 2 rings (SSSR count). The van der Waals surface area contributed by atoms with Gasteiger partial charge in [-0.2, -0.15) is 0 Å². The van der Waals surface area contributed by atoms with Crippen LogP contribution < -0.4 is 10.2 Å². The lowest BCUT2D eigenvalue weighted by atomic mass is 10.2. The van der Waals surface area contributed by atoms with Crippen LogP contribution in [0.4, 0.5) is 11.5 Å². The topological polar surface area (TPSA) is 28.2 Å². The Kier molecular flexibility index (Phi) is 3.82. The zero-order chi connectivity index (χ0) is 13.0. The molecule has 0 saturated carbocycles. The molecule has 0 bridgehead atoms. The molecule has 0 saturated heterocycles. The van der Waals surface area contributed by atoms with Crippen molar-refractivity contribution in [1.82, 2.24) is 4.98 Å². The van der Waals surface area contributed by atoms with Gasteiger partial charge >= 0.3 is 0 Å². The molecule has 0 aliphatic heterocycles. The molecule has 0 unspecified atom stereocenters. The van der Waals surface area contributed by atoms with Gasteiger partial charge in [0.25, 0.3) is 0 Å². The van der Waals surface area contributed by atoms with Gasteiger partial charge in [-0.05, 0) is 30.7 Å². The second kappa shape index (κ2) is 5.54. The highest BCUT2D eigenvalue weighted by Gasteiger charge is 2.02. The Hall–Kier alpha value is -2.03. The highest BCUT2D eigenvalue weighted by molar-refractivity contribution is 5.47. The number of hydrogen-bond donors (Lipinski definition) is 1. The Morgan fingerprint density at radius 2 is 1.83 bits per heavy atom. The van der Waals surface area contributed by atoms with Crippen LogP contribution in [0.3, 0.4) is 0 Å². The molecule has 1 heterocycles. The van der Waals surface area contributed by atoms with Gasteiger partial charge in [-0.25, -0.2) is 4.98 Å². The van der Waals surface area contributed by atoms with Gasteiger partial charge < -0.3 is 10.2 Å². The third-order valence-corrected chi connectivity index (χ3v) is 2.98. The fourth-order valence-corrected chi connectivity index (χ4v) is 1.83. The second-order valence-corrected chi connectivity index (χ2v) is 4.49. The van der Waals surface area contributed by atoms with Gasteiger partial charge in [0.05, 0.1) is 0 Å². The second-order valence-electron chi connectivity index (χ2n) is 4.49. The van der Waals surface area contributed by atoms with Crippen LogP contribution in [0.2, 0.25) is 0 Å². The third-order valence-electron chi connectivity index (χ3n) is 2.98. The normalized spacial score (nSPS) is 10.2. The molecule has 0 fully saturated rings. The zero-order valence-electron chi connectivity index (χ0n) is 11.1. The molecule has 1 aromatic carbocycles. The van der Waals surface area contributed by atoms with Gasteiger partial charge in [0.1, 0.15) is 5.82 Å². The first-order chi connectivity index (χ1) is 8.69. The molecule has 18 heavy (non-hydrogen) atoms. The minimum absolute atomic E-state index is 0.861. The summed E-state index contributed by atoms with van der Waals surface area (Å²) in [4.78, 5) is 6.54. The van der Waals surface area contributed by atoms with Crippen molar-refractivity contribution in [3.05, 3.63) is 53.7 Å². The number of aromatic nitrogens is 1. The fraction of sp³-hybridized carbons (Fsp3) is 0.267. The summed E-state index contributed by atoms with van der Waals surface area (Å²) >= 11 is 0. The van der Waals surface area contributed by atoms with Crippen LogP contribution in [0.1, 0.15) is 11.1 Å². The Morgan fingerprint density at radius 3 is 2.39 bits per heavy atom. The van der Waals surface area contributed by atoms with Crippen LogP contribution in [0.15, 0.2) is 42.6 Å². The van der Waals surface area contributed by atoms with Crippen molar-refractivity contribution in [1.29, 1.82) is 0 Å². The molecule has 0 radical (unpaired) electrons. The number of pyridine rings is 1. The molecule has 0 aliphatic carbocycles. The van der Waals surface area contributed by atoms with Gasteiger partial charge in [-0.1, -0.05) is 23.8 Å². The lowest BCUT2D eigenvalue weighted by Gasteiger charge is -2.19. The number of benzene rings is 1. The first-order valence-electron chi connectivity index (χ1n) is 6.09. The minimum atomic E-state index is 0.861. The van der Waals surface area contributed by atoms with Crippen molar-refractivity contribution in [2.24, 2.45) is 0 Å². The SMILES string of the molecule is CNc1ccc(CN(C)c2ccc(C)cc2)cn1. The molecule has 0 aliphatic rings. The molecule has 0 spiro atoms. The number of hydrogen-bond acceptors (Lipinski definition) is 3. The van der Waals surface area contributed by atoms with Crippen LogP contribution in [0, 0.1) is 6.92 Å². The largest absolute Gasteiger partial charge is 0.373 e. The maximum absolute atomic E-state index is 4.32. The predicted octanol–water partition coefficient (Wildman–Crippen LogP) is 3.07. The van der Waals surface area contributed by atoms with Crippen LogP contribution in [0.25, 0.3) is 0 Å². The van der Waals surface area contributed by atoms with Crippen molar-refractivity contribution in [2.75, 3.05) is 24.3 Å². The predicted molar refractivity (Wildman–Crippen MR) is 77.1 cm³/mol. The summed E-state index contributed by atoms with van der Waals surface area (Å²) in [7, 11) is 3.97. The van der Waals surface area contributed by atoms with E-state index < -0.39 is 0 Å². The summed E-state index contributed by atoms with van der Waals surface area (Å²) in [6.07, 6.45) is 1.91. The summed E-state index contributed by atoms with van der Waals surface area (Å²) < 4.78 is 0. The van der Waals surface area contributed by atoms with E-state index in [-0.39, 0.29) is 0 Å². The summed E-state index contributed by atoms with van der Waals surface area (Å²) in [5, 5.41) is 3.02. The maximum atomic E-state index is 4.32. The van der Waals surface area contributed by atoms with E-state index in [0.29, 0.717) is 0 Å². The molecule has 3 heteroatoms. The van der Waals surface area contributed by atoms with Crippen LogP contribution in [-0.2, 0) is 6.54 Å². The fourth-order valence-electron chi connectivity index (χ4n) is 1.83. The average molecular weight is 241 g/mol. The summed E-state index contributed by atoms with van der Waals surface area (Å²) in [5.74, 6) is 0.900. The molecule has 1 N–H and O–H groups in total. The van der Waals surface area contributed by atoms with E-state index in [0.717, 1.165) is 12.4 Å². The van der Waals surface area contributed by atoms with E-state index in [9.17, 15) is 0 Å². The molecule has 0 atom stereocenters. The van der Waals surface area contributed by atoms with Crippen LogP contribution in [-0.4, -0.2) is 19.1 Å². The van der Waals surface area contributed by atoms with E-state index in [1.54, 1.807) is 0 Å². The van der Waals surface area contributed by atoms with Gasteiger partial charge in [-0.15, -0.1) is 0 Å². The van der Waals surface area contributed by atoms with Gasteiger partial charge in [0.15, 0.2) is 0 Å². The first kappa shape index (κ1) is 12.4. The van der Waals surface area contributed by atoms with E-state index >= 15 is 0 Å². The van der Waals surface area contributed by atoms with E-state index in [4.69, 9.17) is 0 Å². The molecule has 1 aromatic heterocycles. The summed E-state index contributed by atoms with van der Waals surface area (Å²) in [6.45, 7) is 2.96. The van der Waals surface area contributed by atoms with Gasteiger partial charge in [0.2, 0.25) is 0 Å². The highest BCUT2D eigenvalue weighted by Crippen LogP contribution is 2.16. The number of nitrogens with one attached hydrogen (secondary N) is 1. The lowest BCUT2D eigenvalue weighted by molar-refractivity contribution is 0.915. The minimum Gasteiger partial charge on any atom is -0.373 e. The summed E-state index contributed by atoms with van der Waals surface area (Å²) in [6, 6.07) is 12.7. The highest BCUT2D eigenvalue weighted by atomic mass is 15.1. The maximum Gasteiger partial charge on any atom is 0.125 e. The molecule has 0 amide bonds. The third kappa shape index (κ3) is 3.00. The Balaban J connectivity index is 2.05. The standard InChI is InChI=1S/C15H19N3/c1-12-4-7-14(8-5-12)18(3)11-13-6-9-15(16-2)17-10-13/h4-10H,11H2,1-3H3,(H,16,17). The number of nitrogens with zero attached hydrogens (tertiary/aromatic N) is 2. The van der Waals surface area contributed by atoms with E-state index in [2.05, 4.69) is 59.5 Å². The quantitative estimate of drug-likeness (QED) is 0.891. The van der Waals surface area contributed by atoms with E-state index in [1.807, 2.05) is 19.3 Å². The molecule has 3 nitrogen and oxygen atoms in total. The Labute approximate surface area is 108 Å². The number of rotatable bonds is 4. The zero-order valence-corrected chi connectivity index (χ0v) is 11.1. The molecule has 2 aromatic rings. The van der Waals surface area contributed by atoms with Crippen LogP contribution in [0.5, 0.6) is 0 Å². The van der Waals surface area contributed by atoms with Crippen molar-refractivity contribution in [3.63, 3.8) is 0 Å². The van der Waals surface area contributed by atoms with Crippen molar-refractivity contribution < 1.29 is 0 Å². The van der Waals surface area contributed by atoms with Gasteiger partial charge in [0, 0.05) is 32.5 Å². The molecule has 94 valence electrons. The Morgan fingerprint density at radius 1 is 1.11 bits per heavy atom. The Bertz CT molecular complexity index is 488. The van der Waals surface area contributed by atoms with Crippen LogP contribution >= 0.6 is 0 Å². The smallest absolute Gasteiger partial charge is 0.125 e. The number of aryl methyl sites for hydroxylation is 1. The van der Waals surface area contributed by atoms with Gasteiger partial charge in [-0.3, -0.25) is 0 Å². The summed E-state index contributed by atoms with van der Waals surface area (Å²) in [5.41, 5.74) is 3.71. The van der Waals surface area contributed by atoms with Crippen molar-refractivity contribution >= 4 is 11.5 Å². The lowest BCUT2D eigenvalue weighted by Crippen LogP contribution is -2.16. The monoisotopic (exact) mass is 241 g/mol. The van der Waals surface area contributed by atoms with Crippen molar-refractivity contribution in [3.8, 4) is 0 Å². The number of anilines is 2. The molecular formula is C15H19N3. The average Bonchev–Trinajstić information content (AvgIpc) is 2.40.